The van der Waals surface area contributed by atoms with E-state index in [1.807, 2.05) is 12.1 Å². The average Bonchev–Trinajstić information content (AvgIpc) is 2.34. The molecule has 1 aromatic rings. The third-order valence-electron chi connectivity index (χ3n) is 3.43. The minimum absolute atomic E-state index is 0. The Bertz CT molecular complexity index is 362. The summed E-state index contributed by atoms with van der Waals surface area (Å²) in [6.07, 6.45) is 4.24. The predicted molar refractivity (Wildman–Crippen MR) is 103 cm³/mol. The summed E-state index contributed by atoms with van der Waals surface area (Å²) >= 11 is 0. The molecule has 0 unspecified atom stereocenters. The third kappa shape index (κ3) is 13.1. The van der Waals surface area contributed by atoms with E-state index in [4.69, 9.17) is 4.74 Å². The molecular formula is C20H41NOY. The van der Waals surface area contributed by atoms with Gasteiger partial charge in [-0.05, 0) is 36.5 Å². The molecule has 0 bridgehead atoms. The van der Waals surface area contributed by atoms with Crippen molar-refractivity contribution >= 4 is 0 Å². The minimum Gasteiger partial charge on any atom is -0.497 e. The first-order chi connectivity index (χ1) is 9.02. The van der Waals surface area contributed by atoms with Crippen molar-refractivity contribution in [1.82, 2.24) is 5.32 Å². The molecule has 1 aromatic carbocycles. The van der Waals surface area contributed by atoms with Gasteiger partial charge in [0.05, 0.1) is 7.11 Å². The van der Waals surface area contributed by atoms with Crippen LogP contribution in [0.1, 0.15) is 80.7 Å². The Morgan fingerprint density at radius 3 is 1.91 bits per heavy atom. The van der Waals surface area contributed by atoms with Crippen LogP contribution in [0.15, 0.2) is 24.3 Å². The standard InChI is InChI=1S/C10H14O.C7H15N.3CH4.Y/c1-8(2)9-5-4-6-10(7-9)11-3;1-6(2)8-7-4-3-5-7;;;;/h4-8H,1-3H3;6-8H,3-5H2,1-2H3;3*1H4;. The largest absolute Gasteiger partial charge is 0.497 e. The van der Waals surface area contributed by atoms with E-state index >= 15 is 0 Å². The van der Waals surface area contributed by atoms with Crippen molar-refractivity contribution in [2.75, 3.05) is 7.11 Å². The molecule has 0 aromatic heterocycles. The monoisotopic (exact) mass is 400 g/mol. The van der Waals surface area contributed by atoms with Crippen molar-refractivity contribution in [1.29, 1.82) is 0 Å². The first-order valence-electron chi connectivity index (χ1n) is 7.43. The summed E-state index contributed by atoms with van der Waals surface area (Å²) in [5.74, 6) is 1.52. The van der Waals surface area contributed by atoms with Gasteiger partial charge in [0.1, 0.15) is 5.75 Å². The number of benzene rings is 1. The Balaban J connectivity index is -0.000000138. The maximum Gasteiger partial charge on any atom is 0.119 e. The number of hydrogen-bond donors (Lipinski definition) is 1. The van der Waals surface area contributed by atoms with Crippen molar-refractivity contribution < 1.29 is 37.4 Å². The SMILES string of the molecule is C.C.C.CC(C)NC1CCC1.COc1cccc(C(C)C)c1.[Y]. The summed E-state index contributed by atoms with van der Waals surface area (Å²) in [5.41, 5.74) is 1.32. The maximum absolute atomic E-state index is 5.11. The van der Waals surface area contributed by atoms with Crippen LogP contribution in [0.4, 0.5) is 0 Å². The van der Waals surface area contributed by atoms with Gasteiger partial charge in [-0.1, -0.05) is 68.5 Å². The van der Waals surface area contributed by atoms with Gasteiger partial charge in [0, 0.05) is 44.8 Å². The first-order valence-corrected chi connectivity index (χ1v) is 7.43. The van der Waals surface area contributed by atoms with Crippen molar-refractivity contribution in [2.24, 2.45) is 0 Å². The number of hydrogen-bond acceptors (Lipinski definition) is 2. The molecule has 1 radical (unpaired) electrons. The predicted octanol–water partition coefficient (Wildman–Crippen LogP) is 6.26. The van der Waals surface area contributed by atoms with Crippen molar-refractivity contribution in [3.63, 3.8) is 0 Å². The number of rotatable bonds is 4. The van der Waals surface area contributed by atoms with Gasteiger partial charge >= 0.3 is 0 Å². The molecule has 23 heavy (non-hydrogen) atoms. The molecule has 1 fully saturated rings. The smallest absolute Gasteiger partial charge is 0.119 e. The molecule has 135 valence electrons. The Kier molecular flexibility index (Phi) is 22.7. The normalized spacial score (nSPS) is 12.3. The average molecular weight is 400 g/mol. The van der Waals surface area contributed by atoms with Crippen molar-refractivity contribution in [2.45, 2.75) is 87.2 Å². The summed E-state index contributed by atoms with van der Waals surface area (Å²) in [4.78, 5) is 0. The summed E-state index contributed by atoms with van der Waals surface area (Å²) in [7, 11) is 1.69. The van der Waals surface area contributed by atoms with Gasteiger partial charge in [-0.2, -0.15) is 0 Å². The molecule has 3 heteroatoms. The molecular weight excluding hydrogens is 359 g/mol. The summed E-state index contributed by atoms with van der Waals surface area (Å²) in [6, 6.07) is 9.72. The van der Waals surface area contributed by atoms with Crippen LogP contribution in [-0.2, 0) is 32.7 Å². The van der Waals surface area contributed by atoms with Crippen LogP contribution in [0.3, 0.4) is 0 Å². The molecule has 1 aliphatic carbocycles. The van der Waals surface area contributed by atoms with Gasteiger partial charge < -0.3 is 10.1 Å². The maximum atomic E-state index is 5.11. The van der Waals surface area contributed by atoms with Gasteiger partial charge in [0.25, 0.3) is 0 Å². The quantitative estimate of drug-likeness (QED) is 0.644. The Labute approximate surface area is 172 Å². The zero-order chi connectivity index (χ0) is 14.3. The van der Waals surface area contributed by atoms with Crippen molar-refractivity contribution in [3.8, 4) is 5.75 Å². The van der Waals surface area contributed by atoms with Gasteiger partial charge in [-0.3, -0.25) is 0 Å². The van der Waals surface area contributed by atoms with E-state index in [1.54, 1.807) is 7.11 Å². The van der Waals surface area contributed by atoms with Gasteiger partial charge in [0.15, 0.2) is 0 Å². The van der Waals surface area contributed by atoms with Gasteiger partial charge in [0.2, 0.25) is 0 Å². The molecule has 0 spiro atoms. The number of nitrogens with one attached hydrogen (secondary N) is 1. The van der Waals surface area contributed by atoms with Crippen LogP contribution in [0.2, 0.25) is 0 Å². The Morgan fingerprint density at radius 2 is 1.61 bits per heavy atom. The minimum atomic E-state index is 0. The van der Waals surface area contributed by atoms with E-state index in [1.165, 1.54) is 24.8 Å². The molecule has 0 amide bonds. The summed E-state index contributed by atoms with van der Waals surface area (Å²) in [5, 5.41) is 3.48. The van der Waals surface area contributed by atoms with Crippen LogP contribution in [-0.4, -0.2) is 19.2 Å². The molecule has 0 saturated heterocycles. The van der Waals surface area contributed by atoms with E-state index in [-0.39, 0.29) is 55.0 Å². The molecule has 0 aliphatic heterocycles. The number of ether oxygens (including phenoxy) is 1. The van der Waals surface area contributed by atoms with Crippen LogP contribution < -0.4 is 10.1 Å². The summed E-state index contributed by atoms with van der Waals surface area (Å²) < 4.78 is 5.11. The molecule has 0 atom stereocenters. The second-order valence-electron chi connectivity index (χ2n) is 5.88. The molecule has 1 N–H and O–H groups in total. The fraction of sp³-hybridized carbons (Fsp3) is 0.700. The van der Waals surface area contributed by atoms with Crippen LogP contribution in [0, 0.1) is 0 Å². The van der Waals surface area contributed by atoms with E-state index in [2.05, 4.69) is 45.1 Å². The third-order valence-corrected chi connectivity index (χ3v) is 3.43. The van der Waals surface area contributed by atoms with Crippen molar-refractivity contribution in [3.05, 3.63) is 29.8 Å². The fourth-order valence-corrected chi connectivity index (χ4v) is 2.05. The summed E-state index contributed by atoms with van der Waals surface area (Å²) in [6.45, 7) is 8.76. The molecule has 1 aliphatic rings. The Morgan fingerprint density at radius 1 is 1.04 bits per heavy atom. The second kappa shape index (κ2) is 16.9. The zero-order valence-electron chi connectivity index (χ0n) is 13.6. The molecule has 2 rings (SSSR count). The first kappa shape index (κ1) is 30.9. The Hall–Kier alpha value is 0.0839. The van der Waals surface area contributed by atoms with E-state index in [0.717, 1.165) is 11.8 Å². The van der Waals surface area contributed by atoms with E-state index < -0.39 is 0 Å². The second-order valence-corrected chi connectivity index (χ2v) is 5.88. The van der Waals surface area contributed by atoms with E-state index in [9.17, 15) is 0 Å². The molecule has 2 nitrogen and oxygen atoms in total. The van der Waals surface area contributed by atoms with Crippen LogP contribution >= 0.6 is 0 Å². The number of methoxy groups -OCH3 is 1. The molecule has 1 saturated carbocycles. The van der Waals surface area contributed by atoms with Gasteiger partial charge in [-0.25, -0.2) is 0 Å². The van der Waals surface area contributed by atoms with Crippen LogP contribution in [0.25, 0.3) is 0 Å². The topological polar surface area (TPSA) is 21.3 Å². The zero-order valence-corrected chi connectivity index (χ0v) is 16.5. The van der Waals surface area contributed by atoms with Gasteiger partial charge in [-0.15, -0.1) is 0 Å². The molecule has 0 heterocycles. The van der Waals surface area contributed by atoms with E-state index in [0.29, 0.717) is 12.0 Å². The fourth-order valence-electron chi connectivity index (χ4n) is 2.05. The van der Waals surface area contributed by atoms with Crippen LogP contribution in [0.5, 0.6) is 5.75 Å².